The summed E-state index contributed by atoms with van der Waals surface area (Å²) in [5.41, 5.74) is 0.495. The van der Waals surface area contributed by atoms with Crippen LogP contribution in [0.15, 0.2) is 58.1 Å². The van der Waals surface area contributed by atoms with Gasteiger partial charge in [-0.1, -0.05) is 55.3 Å². The van der Waals surface area contributed by atoms with Crippen LogP contribution >= 0.6 is 11.6 Å². The van der Waals surface area contributed by atoms with Crippen LogP contribution in [0.5, 0.6) is 0 Å². The van der Waals surface area contributed by atoms with E-state index in [1.807, 2.05) is 44.2 Å². The SMILES string of the molecule is CCC[C@H](C)NC(=O)Cn1c(=O)c(=O)n(Cc2ccccc2)c2ccc(Cl)cc21. The summed E-state index contributed by atoms with van der Waals surface area (Å²) in [5.74, 6) is -0.311. The van der Waals surface area contributed by atoms with E-state index < -0.39 is 11.1 Å². The Morgan fingerprint density at radius 2 is 1.72 bits per heavy atom. The van der Waals surface area contributed by atoms with Crippen LogP contribution in [0.25, 0.3) is 11.0 Å². The van der Waals surface area contributed by atoms with Crippen LogP contribution in [0.2, 0.25) is 5.02 Å². The molecule has 0 aliphatic carbocycles. The van der Waals surface area contributed by atoms with Crippen LogP contribution in [0.1, 0.15) is 32.3 Å². The lowest BCUT2D eigenvalue weighted by molar-refractivity contribution is -0.122. The number of fused-ring (bicyclic) bond motifs is 1. The van der Waals surface area contributed by atoms with Gasteiger partial charge in [-0.3, -0.25) is 23.5 Å². The third-order valence-electron chi connectivity index (χ3n) is 4.81. The number of amides is 1. The summed E-state index contributed by atoms with van der Waals surface area (Å²) in [5, 5.41) is 3.30. The van der Waals surface area contributed by atoms with Crippen LogP contribution in [-0.2, 0) is 17.9 Å². The van der Waals surface area contributed by atoms with E-state index in [-0.39, 0.29) is 25.0 Å². The molecular formula is C22H24ClN3O3. The number of benzene rings is 2. The summed E-state index contributed by atoms with van der Waals surface area (Å²) >= 11 is 6.15. The Hall–Kier alpha value is -2.86. The minimum Gasteiger partial charge on any atom is -0.352 e. The molecule has 0 bridgehead atoms. The standard InChI is InChI=1S/C22H24ClN3O3/c1-3-7-15(2)24-20(27)14-26-19-12-17(23)10-11-18(19)25(21(28)22(26)29)13-16-8-5-4-6-9-16/h4-6,8-12,15H,3,7,13-14H2,1-2H3,(H,24,27)/t15-/m0/s1. The first-order chi connectivity index (χ1) is 13.9. The van der Waals surface area contributed by atoms with E-state index in [0.29, 0.717) is 16.1 Å². The first-order valence-corrected chi connectivity index (χ1v) is 10.0. The Labute approximate surface area is 173 Å². The van der Waals surface area contributed by atoms with Crippen molar-refractivity contribution < 1.29 is 4.79 Å². The largest absolute Gasteiger partial charge is 0.352 e. The number of halogens is 1. The van der Waals surface area contributed by atoms with Gasteiger partial charge in [0.2, 0.25) is 5.91 Å². The maximum absolute atomic E-state index is 12.9. The van der Waals surface area contributed by atoms with Gasteiger partial charge >= 0.3 is 11.1 Å². The molecule has 0 saturated heterocycles. The number of rotatable bonds is 7. The fraction of sp³-hybridized carbons (Fsp3) is 0.318. The van der Waals surface area contributed by atoms with Crippen molar-refractivity contribution in [3.05, 3.63) is 79.8 Å². The number of carbonyl (C=O) groups excluding carboxylic acids is 1. The molecule has 29 heavy (non-hydrogen) atoms. The lowest BCUT2D eigenvalue weighted by Gasteiger charge is -2.17. The van der Waals surface area contributed by atoms with Gasteiger partial charge < -0.3 is 5.32 Å². The molecule has 0 radical (unpaired) electrons. The lowest BCUT2D eigenvalue weighted by atomic mass is 10.2. The van der Waals surface area contributed by atoms with Crippen LogP contribution in [0, 0.1) is 0 Å². The molecule has 6 nitrogen and oxygen atoms in total. The second-order valence-corrected chi connectivity index (χ2v) is 7.59. The van der Waals surface area contributed by atoms with E-state index >= 15 is 0 Å². The van der Waals surface area contributed by atoms with Crippen molar-refractivity contribution in [2.75, 3.05) is 0 Å². The Morgan fingerprint density at radius 1 is 1.03 bits per heavy atom. The molecule has 1 amide bonds. The zero-order valence-electron chi connectivity index (χ0n) is 16.5. The first kappa shape index (κ1) is 20.9. The fourth-order valence-electron chi connectivity index (χ4n) is 3.44. The van der Waals surface area contributed by atoms with E-state index in [1.165, 1.54) is 9.13 Å². The number of hydrogen-bond donors (Lipinski definition) is 1. The van der Waals surface area contributed by atoms with Gasteiger partial charge in [0.25, 0.3) is 0 Å². The molecule has 7 heteroatoms. The number of carbonyl (C=O) groups is 1. The van der Waals surface area contributed by atoms with E-state index in [9.17, 15) is 14.4 Å². The van der Waals surface area contributed by atoms with Gasteiger partial charge in [0, 0.05) is 11.1 Å². The molecule has 1 aromatic heterocycles. The number of nitrogens with one attached hydrogen (secondary N) is 1. The van der Waals surface area contributed by atoms with Gasteiger partial charge in [0.1, 0.15) is 6.54 Å². The second kappa shape index (κ2) is 9.09. The number of hydrogen-bond acceptors (Lipinski definition) is 3. The topological polar surface area (TPSA) is 73.1 Å². The second-order valence-electron chi connectivity index (χ2n) is 7.16. The average molecular weight is 414 g/mol. The van der Waals surface area contributed by atoms with Crippen molar-refractivity contribution in [2.45, 2.75) is 45.8 Å². The number of nitrogens with zero attached hydrogens (tertiary/aromatic N) is 2. The predicted octanol–water partition coefficient (Wildman–Crippen LogP) is 3.17. The highest BCUT2D eigenvalue weighted by molar-refractivity contribution is 6.31. The zero-order valence-corrected chi connectivity index (χ0v) is 17.3. The van der Waals surface area contributed by atoms with Gasteiger partial charge in [0.05, 0.1) is 17.6 Å². The monoisotopic (exact) mass is 413 g/mol. The van der Waals surface area contributed by atoms with Gasteiger partial charge in [0.15, 0.2) is 0 Å². The molecule has 1 N–H and O–H groups in total. The molecule has 152 valence electrons. The maximum Gasteiger partial charge on any atom is 0.317 e. The normalized spacial score (nSPS) is 12.1. The summed E-state index contributed by atoms with van der Waals surface area (Å²) < 4.78 is 2.64. The predicted molar refractivity (Wildman–Crippen MR) is 116 cm³/mol. The maximum atomic E-state index is 12.9. The van der Waals surface area contributed by atoms with Gasteiger partial charge in [-0.2, -0.15) is 0 Å². The Balaban J connectivity index is 2.08. The summed E-state index contributed by atoms with van der Waals surface area (Å²) in [7, 11) is 0. The van der Waals surface area contributed by atoms with Gasteiger partial charge in [-0.15, -0.1) is 0 Å². The quantitative estimate of drug-likeness (QED) is 0.604. The highest BCUT2D eigenvalue weighted by Gasteiger charge is 2.17. The van der Waals surface area contributed by atoms with Crippen molar-refractivity contribution in [3.63, 3.8) is 0 Å². The van der Waals surface area contributed by atoms with Crippen LogP contribution in [0.4, 0.5) is 0 Å². The van der Waals surface area contributed by atoms with E-state index in [4.69, 9.17) is 11.6 Å². The summed E-state index contributed by atoms with van der Waals surface area (Å²) in [6, 6.07) is 14.4. The van der Waals surface area contributed by atoms with Gasteiger partial charge in [-0.05, 0) is 37.1 Å². The Kier molecular flexibility index (Phi) is 6.54. The first-order valence-electron chi connectivity index (χ1n) is 9.67. The van der Waals surface area contributed by atoms with Crippen molar-refractivity contribution in [1.82, 2.24) is 14.5 Å². The molecule has 2 aromatic carbocycles. The minimum absolute atomic E-state index is 0.00324. The summed E-state index contributed by atoms with van der Waals surface area (Å²) in [4.78, 5) is 38.2. The molecule has 0 fully saturated rings. The molecule has 1 atom stereocenters. The van der Waals surface area contributed by atoms with E-state index in [2.05, 4.69) is 5.32 Å². The van der Waals surface area contributed by atoms with Crippen LogP contribution < -0.4 is 16.4 Å². The van der Waals surface area contributed by atoms with Crippen molar-refractivity contribution in [3.8, 4) is 0 Å². The Bertz CT molecular complexity index is 1140. The molecular weight excluding hydrogens is 390 g/mol. The van der Waals surface area contributed by atoms with Crippen molar-refractivity contribution in [2.24, 2.45) is 0 Å². The molecule has 0 aliphatic rings. The fourth-order valence-corrected chi connectivity index (χ4v) is 3.61. The number of aromatic nitrogens is 2. The molecule has 3 aromatic rings. The highest BCUT2D eigenvalue weighted by atomic mass is 35.5. The molecule has 3 rings (SSSR count). The minimum atomic E-state index is -0.742. The lowest BCUT2D eigenvalue weighted by Crippen LogP contribution is -2.45. The molecule has 0 aliphatic heterocycles. The summed E-state index contributed by atoms with van der Waals surface area (Å²) in [6.45, 7) is 3.98. The van der Waals surface area contributed by atoms with E-state index in [1.54, 1.807) is 18.2 Å². The smallest absolute Gasteiger partial charge is 0.317 e. The Morgan fingerprint density at radius 3 is 2.41 bits per heavy atom. The summed E-state index contributed by atoms with van der Waals surface area (Å²) in [6.07, 6.45) is 1.78. The van der Waals surface area contributed by atoms with E-state index in [0.717, 1.165) is 18.4 Å². The third-order valence-corrected chi connectivity index (χ3v) is 5.04. The van der Waals surface area contributed by atoms with Crippen molar-refractivity contribution in [1.29, 1.82) is 0 Å². The third kappa shape index (κ3) is 4.77. The highest BCUT2D eigenvalue weighted by Crippen LogP contribution is 2.18. The van der Waals surface area contributed by atoms with Crippen LogP contribution in [0.3, 0.4) is 0 Å². The zero-order chi connectivity index (χ0) is 21.0. The van der Waals surface area contributed by atoms with Gasteiger partial charge in [-0.25, -0.2) is 0 Å². The average Bonchev–Trinajstić information content (AvgIpc) is 2.69. The molecule has 0 spiro atoms. The van der Waals surface area contributed by atoms with Crippen LogP contribution in [-0.4, -0.2) is 21.1 Å². The van der Waals surface area contributed by atoms with Crippen molar-refractivity contribution >= 4 is 28.5 Å². The molecule has 1 heterocycles. The molecule has 0 unspecified atom stereocenters. The molecule has 0 saturated carbocycles.